The smallest absolute Gasteiger partial charge is 0.00249 e. The van der Waals surface area contributed by atoms with Crippen molar-refractivity contribution in [2.24, 2.45) is 5.73 Å². The van der Waals surface area contributed by atoms with Crippen LogP contribution < -0.4 is 5.73 Å². The van der Waals surface area contributed by atoms with Crippen molar-refractivity contribution in [1.82, 2.24) is 0 Å². The molecule has 0 aromatic carbocycles. The molecule has 2 N–H and O–H groups in total. The molecule has 0 saturated heterocycles. The van der Waals surface area contributed by atoms with Crippen molar-refractivity contribution in [1.29, 1.82) is 0 Å². The van der Waals surface area contributed by atoms with Crippen molar-refractivity contribution in [2.75, 3.05) is 7.05 Å². The SMILES string of the molecule is C[N-]C1CCCC(N)C1. The van der Waals surface area contributed by atoms with E-state index in [-0.39, 0.29) is 0 Å². The quantitative estimate of drug-likeness (QED) is 0.566. The van der Waals surface area contributed by atoms with Crippen LogP contribution in [0.1, 0.15) is 25.7 Å². The maximum absolute atomic E-state index is 5.74. The minimum atomic E-state index is 0.424. The summed E-state index contributed by atoms with van der Waals surface area (Å²) in [7, 11) is 1.89. The van der Waals surface area contributed by atoms with Gasteiger partial charge in [-0.15, -0.1) is 6.04 Å². The van der Waals surface area contributed by atoms with Gasteiger partial charge in [0.15, 0.2) is 0 Å². The summed E-state index contributed by atoms with van der Waals surface area (Å²) >= 11 is 0. The van der Waals surface area contributed by atoms with Gasteiger partial charge >= 0.3 is 0 Å². The highest BCUT2D eigenvalue weighted by Gasteiger charge is 2.11. The number of rotatable bonds is 1. The minimum Gasteiger partial charge on any atom is -0.662 e. The molecule has 1 saturated carbocycles. The third-order valence-corrected chi connectivity index (χ3v) is 2.05. The molecule has 0 aromatic rings. The molecule has 54 valence electrons. The van der Waals surface area contributed by atoms with Crippen LogP contribution in [0, 0.1) is 0 Å². The maximum atomic E-state index is 5.74. The van der Waals surface area contributed by atoms with Crippen molar-refractivity contribution in [2.45, 2.75) is 37.8 Å². The van der Waals surface area contributed by atoms with Crippen LogP contribution in [0.4, 0.5) is 0 Å². The first-order valence-corrected chi connectivity index (χ1v) is 3.67. The van der Waals surface area contributed by atoms with Crippen molar-refractivity contribution in [3.8, 4) is 0 Å². The van der Waals surface area contributed by atoms with Gasteiger partial charge in [-0.1, -0.05) is 19.3 Å². The predicted molar refractivity (Wildman–Crippen MR) is 39.5 cm³/mol. The first kappa shape index (κ1) is 7.03. The highest BCUT2D eigenvalue weighted by molar-refractivity contribution is 4.91. The summed E-state index contributed by atoms with van der Waals surface area (Å²) in [4.78, 5) is 0. The van der Waals surface area contributed by atoms with E-state index in [1.54, 1.807) is 0 Å². The Hall–Kier alpha value is -0.0800. The Morgan fingerprint density at radius 1 is 1.44 bits per heavy atom. The van der Waals surface area contributed by atoms with E-state index in [4.69, 9.17) is 5.73 Å². The monoisotopic (exact) mass is 127 g/mol. The van der Waals surface area contributed by atoms with Crippen LogP contribution in [0.2, 0.25) is 0 Å². The van der Waals surface area contributed by atoms with E-state index < -0.39 is 0 Å². The Balaban J connectivity index is 2.23. The fraction of sp³-hybridized carbons (Fsp3) is 1.00. The van der Waals surface area contributed by atoms with Gasteiger partial charge in [0.05, 0.1) is 0 Å². The Morgan fingerprint density at radius 3 is 2.67 bits per heavy atom. The maximum Gasteiger partial charge on any atom is 0.00249 e. The lowest BCUT2D eigenvalue weighted by molar-refractivity contribution is 0.416. The van der Waals surface area contributed by atoms with Crippen LogP contribution in [0.15, 0.2) is 0 Å². The summed E-state index contributed by atoms with van der Waals surface area (Å²) in [5.41, 5.74) is 5.74. The molecular weight excluding hydrogens is 112 g/mol. The molecular formula is C7H15N2-. The fourth-order valence-electron chi connectivity index (χ4n) is 1.44. The number of hydrogen-bond donors (Lipinski definition) is 1. The van der Waals surface area contributed by atoms with E-state index in [0.29, 0.717) is 12.1 Å². The van der Waals surface area contributed by atoms with E-state index in [9.17, 15) is 0 Å². The average Bonchev–Trinajstić information content (AvgIpc) is 1.88. The lowest BCUT2D eigenvalue weighted by Gasteiger charge is -2.34. The summed E-state index contributed by atoms with van der Waals surface area (Å²) in [5.74, 6) is 0. The van der Waals surface area contributed by atoms with Crippen molar-refractivity contribution in [3.63, 3.8) is 0 Å². The van der Waals surface area contributed by atoms with Gasteiger partial charge < -0.3 is 11.1 Å². The van der Waals surface area contributed by atoms with Crippen LogP contribution in [-0.2, 0) is 0 Å². The molecule has 2 nitrogen and oxygen atoms in total. The molecule has 0 heterocycles. The van der Waals surface area contributed by atoms with Gasteiger partial charge in [-0.05, 0) is 6.42 Å². The molecule has 0 bridgehead atoms. The highest BCUT2D eigenvalue weighted by Crippen LogP contribution is 2.21. The Labute approximate surface area is 56.8 Å². The fourth-order valence-corrected chi connectivity index (χ4v) is 1.44. The van der Waals surface area contributed by atoms with Gasteiger partial charge in [0.1, 0.15) is 0 Å². The van der Waals surface area contributed by atoms with Crippen molar-refractivity contribution < 1.29 is 0 Å². The largest absolute Gasteiger partial charge is 0.662 e. The van der Waals surface area contributed by atoms with Crippen LogP contribution in [0.25, 0.3) is 5.32 Å². The second-order valence-corrected chi connectivity index (χ2v) is 2.84. The van der Waals surface area contributed by atoms with E-state index in [1.807, 2.05) is 7.05 Å². The number of nitrogens with two attached hydrogens (primary N) is 1. The third kappa shape index (κ3) is 1.95. The lowest BCUT2D eigenvalue weighted by Crippen LogP contribution is -2.29. The summed E-state index contributed by atoms with van der Waals surface area (Å²) in [6.07, 6.45) is 4.83. The van der Waals surface area contributed by atoms with Crippen LogP contribution in [-0.4, -0.2) is 19.1 Å². The van der Waals surface area contributed by atoms with Crippen LogP contribution >= 0.6 is 0 Å². The van der Waals surface area contributed by atoms with E-state index in [0.717, 1.165) is 6.42 Å². The number of hydrogen-bond acceptors (Lipinski definition) is 1. The second-order valence-electron chi connectivity index (χ2n) is 2.84. The molecule has 9 heavy (non-hydrogen) atoms. The first-order chi connectivity index (χ1) is 4.33. The summed E-state index contributed by atoms with van der Waals surface area (Å²) in [5, 5.41) is 4.22. The average molecular weight is 127 g/mol. The predicted octanol–water partition coefficient (Wildman–Crippen LogP) is 1.26. The number of nitrogens with zero attached hydrogens (tertiary/aromatic N) is 1. The Morgan fingerprint density at radius 2 is 2.22 bits per heavy atom. The van der Waals surface area contributed by atoms with E-state index >= 15 is 0 Å². The molecule has 1 fully saturated rings. The molecule has 0 radical (unpaired) electrons. The normalized spacial score (nSPS) is 36.7. The summed E-state index contributed by atoms with van der Waals surface area (Å²) in [6.45, 7) is 0. The van der Waals surface area contributed by atoms with Gasteiger partial charge in [0.2, 0.25) is 0 Å². The van der Waals surface area contributed by atoms with Crippen molar-refractivity contribution >= 4 is 0 Å². The molecule has 1 aliphatic rings. The van der Waals surface area contributed by atoms with Gasteiger partial charge in [0.25, 0.3) is 0 Å². The molecule has 0 aliphatic heterocycles. The zero-order valence-electron chi connectivity index (χ0n) is 6.01. The third-order valence-electron chi connectivity index (χ3n) is 2.05. The first-order valence-electron chi connectivity index (χ1n) is 3.67. The highest BCUT2D eigenvalue weighted by atomic mass is 14.9. The zero-order valence-corrected chi connectivity index (χ0v) is 6.01. The molecule has 2 atom stereocenters. The molecule has 0 spiro atoms. The van der Waals surface area contributed by atoms with Gasteiger partial charge in [0, 0.05) is 6.04 Å². The van der Waals surface area contributed by atoms with Crippen LogP contribution in [0.5, 0.6) is 0 Å². The van der Waals surface area contributed by atoms with Gasteiger partial charge in [-0.2, -0.15) is 7.05 Å². The topological polar surface area (TPSA) is 40.1 Å². The summed E-state index contributed by atoms with van der Waals surface area (Å²) in [6, 6.07) is 0.987. The van der Waals surface area contributed by atoms with E-state index in [2.05, 4.69) is 5.32 Å². The molecule has 0 aromatic heterocycles. The van der Waals surface area contributed by atoms with E-state index in [1.165, 1.54) is 19.3 Å². The Kier molecular flexibility index (Phi) is 2.49. The van der Waals surface area contributed by atoms with Crippen molar-refractivity contribution in [3.05, 3.63) is 5.32 Å². The minimum absolute atomic E-state index is 0.424. The lowest BCUT2D eigenvalue weighted by atomic mass is 9.92. The summed E-state index contributed by atoms with van der Waals surface area (Å²) < 4.78 is 0. The molecule has 2 heteroatoms. The second kappa shape index (κ2) is 3.18. The molecule has 2 unspecified atom stereocenters. The van der Waals surface area contributed by atoms with Gasteiger partial charge in [-0.25, -0.2) is 0 Å². The molecule has 0 amide bonds. The van der Waals surface area contributed by atoms with Crippen LogP contribution in [0.3, 0.4) is 0 Å². The standard InChI is InChI=1S/C7H15N2/c1-9-7-4-2-3-6(8)5-7/h6-7H,2-5,8H2,1H3/q-1. The zero-order chi connectivity index (χ0) is 6.69. The molecule has 1 rings (SSSR count). The van der Waals surface area contributed by atoms with Gasteiger partial charge in [-0.3, -0.25) is 0 Å². The molecule has 1 aliphatic carbocycles. The Bertz CT molecular complexity index is 83.0.